The van der Waals surface area contributed by atoms with Crippen molar-refractivity contribution in [1.29, 1.82) is 0 Å². The summed E-state index contributed by atoms with van der Waals surface area (Å²) < 4.78 is 5.40. The van der Waals surface area contributed by atoms with E-state index in [1.807, 2.05) is 0 Å². The number of nitrogens with zero attached hydrogens (tertiary/aromatic N) is 4. The van der Waals surface area contributed by atoms with E-state index in [0.29, 0.717) is 0 Å². The highest BCUT2D eigenvalue weighted by molar-refractivity contribution is 6.00. The van der Waals surface area contributed by atoms with Crippen LogP contribution in [0.5, 0.6) is 0 Å². The smallest absolute Gasteiger partial charge is 0.434 e. The van der Waals surface area contributed by atoms with Gasteiger partial charge in [0.25, 0.3) is 0 Å². The van der Waals surface area contributed by atoms with Crippen molar-refractivity contribution in [2.75, 3.05) is 26.8 Å². The fourth-order valence-corrected chi connectivity index (χ4v) is 3.70. The van der Waals surface area contributed by atoms with Crippen LogP contribution in [0.3, 0.4) is 0 Å². The molecule has 1 fully saturated rings. The number of amides is 3. The molecule has 0 spiro atoms. The first-order valence-corrected chi connectivity index (χ1v) is 11.0. The Hall–Kier alpha value is -2.52. The molecule has 14 nitrogen and oxygen atoms in total. The Morgan fingerprint density at radius 1 is 0.914 bits per heavy atom. The number of carbonyl (C=O) groups excluding carboxylic acids is 2. The molecule has 4 atom stereocenters. The Kier molecular flexibility index (Phi) is 10.0. The number of piperidine rings is 1. The maximum Gasteiger partial charge on any atom is 0.434 e. The van der Waals surface area contributed by atoms with Crippen molar-refractivity contribution in [2.24, 2.45) is 4.99 Å². The molecule has 14 heteroatoms. The molecule has 0 aromatic heterocycles. The molecule has 0 bridgehead atoms. The summed E-state index contributed by atoms with van der Waals surface area (Å²) in [6.45, 7) is 7.46. The molecule has 3 amide bonds. The lowest BCUT2D eigenvalue weighted by atomic mass is 9.88. The van der Waals surface area contributed by atoms with Gasteiger partial charge in [0.15, 0.2) is 0 Å². The zero-order valence-electron chi connectivity index (χ0n) is 21.1. The van der Waals surface area contributed by atoms with E-state index in [0.717, 1.165) is 14.7 Å². The van der Waals surface area contributed by atoms with Crippen LogP contribution in [-0.4, -0.2) is 138 Å². The van der Waals surface area contributed by atoms with Crippen LogP contribution >= 0.6 is 0 Å². The van der Waals surface area contributed by atoms with E-state index >= 15 is 0 Å². The molecule has 0 saturated carbocycles. The van der Waals surface area contributed by atoms with Crippen molar-refractivity contribution >= 4 is 24.1 Å². The van der Waals surface area contributed by atoms with Crippen molar-refractivity contribution in [3.63, 3.8) is 0 Å². The molecule has 35 heavy (non-hydrogen) atoms. The maximum atomic E-state index is 13.2. The van der Waals surface area contributed by atoms with Gasteiger partial charge in [0, 0.05) is 12.6 Å². The van der Waals surface area contributed by atoms with Gasteiger partial charge in [-0.05, 0) is 41.5 Å². The minimum absolute atomic E-state index is 0.438. The van der Waals surface area contributed by atoms with Gasteiger partial charge in [-0.2, -0.15) is 0 Å². The second-order valence-electron chi connectivity index (χ2n) is 10.3. The second-order valence-corrected chi connectivity index (χ2v) is 10.3. The van der Waals surface area contributed by atoms with E-state index in [4.69, 9.17) is 4.74 Å². The van der Waals surface area contributed by atoms with Gasteiger partial charge in [0.2, 0.25) is 11.9 Å². The maximum absolute atomic E-state index is 13.2. The summed E-state index contributed by atoms with van der Waals surface area (Å²) in [6.07, 6.45) is -7.72. The molecule has 6 N–H and O–H groups in total. The fourth-order valence-electron chi connectivity index (χ4n) is 3.70. The number of likely N-dealkylation sites (N-methyl/N-ethyl adjacent to an activating group) is 1. The van der Waals surface area contributed by atoms with Crippen molar-refractivity contribution in [3.8, 4) is 0 Å². The molecule has 0 unspecified atom stereocenters. The Morgan fingerprint density at radius 3 is 1.71 bits per heavy atom. The lowest BCUT2D eigenvalue weighted by Gasteiger charge is -2.48. The van der Waals surface area contributed by atoms with Crippen molar-refractivity contribution in [3.05, 3.63) is 0 Å². The van der Waals surface area contributed by atoms with Crippen LogP contribution in [0.4, 0.5) is 9.59 Å². The SMILES string of the molecule is CN(CC(=O)N1[C@H](CO)[C@@H](O)C(O)[C@H](O)[C@H]1CO)C(=NC(=O)O)N(C(=O)OC(C)(C)C)C(C)(C)C. The van der Waals surface area contributed by atoms with Gasteiger partial charge in [-0.3, -0.25) is 4.79 Å². The zero-order valence-corrected chi connectivity index (χ0v) is 21.1. The average Bonchev–Trinajstić information content (AvgIpc) is 2.68. The number of hydrogen-bond acceptors (Lipinski definition) is 9. The number of carbonyl (C=O) groups is 3. The summed E-state index contributed by atoms with van der Waals surface area (Å²) in [5.41, 5.74) is -1.97. The normalized spacial score (nSPS) is 25.8. The minimum atomic E-state index is -1.72. The molecule has 1 aliphatic rings. The van der Waals surface area contributed by atoms with Crippen LogP contribution in [0.1, 0.15) is 41.5 Å². The molecule has 0 aliphatic carbocycles. The van der Waals surface area contributed by atoms with E-state index < -0.39 is 85.3 Å². The first kappa shape index (κ1) is 30.5. The Morgan fingerprint density at radius 2 is 1.37 bits per heavy atom. The van der Waals surface area contributed by atoms with Crippen molar-refractivity contribution < 1.29 is 49.8 Å². The van der Waals surface area contributed by atoms with Gasteiger partial charge < -0.3 is 45.2 Å². The van der Waals surface area contributed by atoms with Gasteiger partial charge >= 0.3 is 12.2 Å². The Labute approximate surface area is 204 Å². The van der Waals surface area contributed by atoms with Crippen LogP contribution < -0.4 is 0 Å². The second kappa shape index (κ2) is 11.5. The van der Waals surface area contributed by atoms with E-state index in [9.17, 15) is 45.0 Å². The third kappa shape index (κ3) is 7.48. The van der Waals surface area contributed by atoms with Crippen molar-refractivity contribution in [1.82, 2.24) is 14.7 Å². The fraction of sp³-hybridized carbons (Fsp3) is 0.810. The highest BCUT2D eigenvalue weighted by Crippen LogP contribution is 2.26. The van der Waals surface area contributed by atoms with Gasteiger partial charge in [-0.15, -0.1) is 4.99 Å². The first-order valence-electron chi connectivity index (χ1n) is 11.0. The Balaban J connectivity index is 3.40. The molecule has 202 valence electrons. The number of likely N-dealkylation sites (tertiary alicyclic amines) is 1. The molecule has 1 aliphatic heterocycles. The van der Waals surface area contributed by atoms with E-state index in [2.05, 4.69) is 4.99 Å². The molecular formula is C21H38N4O10. The topological polar surface area (TPSA) is 204 Å². The molecule has 0 radical (unpaired) electrons. The summed E-state index contributed by atoms with van der Waals surface area (Å²) in [7, 11) is 1.29. The summed E-state index contributed by atoms with van der Waals surface area (Å²) >= 11 is 0. The predicted molar refractivity (Wildman–Crippen MR) is 123 cm³/mol. The number of ether oxygens (including phenoxy) is 1. The van der Waals surface area contributed by atoms with Gasteiger partial charge in [-0.25, -0.2) is 14.5 Å². The molecule has 0 aromatic carbocycles. The molecule has 1 rings (SSSR count). The molecule has 1 saturated heterocycles. The molecule has 1 heterocycles. The van der Waals surface area contributed by atoms with Crippen LogP contribution in [0, 0.1) is 0 Å². The zero-order chi connectivity index (χ0) is 27.5. The van der Waals surface area contributed by atoms with Crippen LogP contribution in [0.15, 0.2) is 4.99 Å². The third-order valence-corrected chi connectivity index (χ3v) is 5.22. The first-order chi connectivity index (χ1) is 15.9. The number of rotatable bonds is 4. The standard InChI is InChI=1S/C21H38N4O10/c1-20(2,3)25(19(34)35-21(4,5)6)17(22-18(32)33)23(7)8-13(28)24-11(9-26)14(29)16(31)15(30)12(24)10-27/h11-12,14-16,26-27,29-31H,8-10H2,1-7H3,(H,32,33)/t11-,12-,14-,15-/m1/s1. The highest BCUT2D eigenvalue weighted by atomic mass is 16.6. The number of aliphatic hydroxyl groups excluding tert-OH is 5. The quantitative estimate of drug-likeness (QED) is 0.194. The number of aliphatic imine (C=N–C) groups is 1. The van der Waals surface area contributed by atoms with Gasteiger partial charge in [0.1, 0.15) is 23.9 Å². The van der Waals surface area contributed by atoms with E-state index in [1.165, 1.54) is 7.05 Å². The number of aliphatic hydroxyl groups is 5. The van der Waals surface area contributed by atoms with E-state index in [-0.39, 0.29) is 0 Å². The highest BCUT2D eigenvalue weighted by Gasteiger charge is 2.49. The lowest BCUT2D eigenvalue weighted by molar-refractivity contribution is -0.188. The summed E-state index contributed by atoms with van der Waals surface area (Å²) in [4.78, 5) is 44.1. The lowest BCUT2D eigenvalue weighted by Crippen LogP contribution is -2.70. The summed E-state index contributed by atoms with van der Waals surface area (Å²) in [5.74, 6) is -1.29. The van der Waals surface area contributed by atoms with Crippen LogP contribution in [0.2, 0.25) is 0 Å². The predicted octanol–water partition coefficient (Wildman–Crippen LogP) is -1.37. The van der Waals surface area contributed by atoms with Crippen LogP contribution in [0.25, 0.3) is 0 Å². The third-order valence-electron chi connectivity index (χ3n) is 5.22. The van der Waals surface area contributed by atoms with Gasteiger partial charge in [0.05, 0.1) is 31.8 Å². The van der Waals surface area contributed by atoms with Crippen LogP contribution in [-0.2, 0) is 9.53 Å². The monoisotopic (exact) mass is 506 g/mol. The largest absolute Gasteiger partial charge is 0.463 e. The average molecular weight is 507 g/mol. The molecular weight excluding hydrogens is 468 g/mol. The number of hydrogen-bond donors (Lipinski definition) is 6. The van der Waals surface area contributed by atoms with Crippen molar-refractivity contribution in [2.45, 2.75) is 83.1 Å². The minimum Gasteiger partial charge on any atom is -0.463 e. The summed E-state index contributed by atoms with van der Waals surface area (Å²) in [5, 5.41) is 59.3. The summed E-state index contributed by atoms with van der Waals surface area (Å²) in [6, 6.07) is -2.73. The number of guanidine groups is 1. The number of carboxylic acid groups (broad SMARTS) is 1. The van der Waals surface area contributed by atoms with E-state index in [1.54, 1.807) is 41.5 Å². The van der Waals surface area contributed by atoms with Gasteiger partial charge in [-0.1, -0.05) is 0 Å². The molecule has 0 aromatic rings. The Bertz CT molecular complexity index is 789.